The molecule has 20 heavy (non-hydrogen) atoms. The van der Waals surface area contributed by atoms with E-state index in [1.165, 1.54) is 18.3 Å². The number of aromatic nitrogens is 3. The molecular weight excluding hydrogens is 298 g/mol. The standard InChI is InChI=1S/C11H13N5O2S2/c1-16-6-5-13-9(16)7-15-20(17,18)8-3-2-4-14-10(8)11(12)19/h2-6,15H,7H2,1H3,(H2,12,19). The van der Waals surface area contributed by atoms with Gasteiger partial charge in [-0.25, -0.2) is 18.1 Å². The van der Waals surface area contributed by atoms with Crippen molar-refractivity contribution in [3.05, 3.63) is 42.2 Å². The molecule has 9 heteroatoms. The van der Waals surface area contributed by atoms with Gasteiger partial charge in [-0.1, -0.05) is 12.2 Å². The third-order valence-corrected chi connectivity index (χ3v) is 4.26. The van der Waals surface area contributed by atoms with Crippen LogP contribution in [0.1, 0.15) is 11.5 Å². The molecule has 0 atom stereocenters. The van der Waals surface area contributed by atoms with Crippen LogP contribution >= 0.6 is 12.2 Å². The minimum Gasteiger partial charge on any atom is -0.388 e. The van der Waals surface area contributed by atoms with Gasteiger partial charge in [0.1, 0.15) is 21.4 Å². The van der Waals surface area contributed by atoms with Crippen LogP contribution in [0.15, 0.2) is 35.6 Å². The molecule has 0 saturated carbocycles. The highest BCUT2D eigenvalue weighted by Gasteiger charge is 2.20. The molecule has 2 aromatic heterocycles. The molecule has 0 bridgehead atoms. The summed E-state index contributed by atoms with van der Waals surface area (Å²) < 4.78 is 28.7. The SMILES string of the molecule is Cn1ccnc1CNS(=O)(=O)c1cccnc1C(N)=S. The van der Waals surface area contributed by atoms with E-state index in [0.717, 1.165) is 0 Å². The molecule has 2 rings (SSSR count). The van der Waals surface area contributed by atoms with Gasteiger partial charge in [0.15, 0.2) is 0 Å². The number of thiocarbonyl (C=S) groups is 1. The fourth-order valence-corrected chi connectivity index (χ4v) is 2.97. The van der Waals surface area contributed by atoms with Crippen molar-refractivity contribution in [2.45, 2.75) is 11.4 Å². The molecule has 0 aliphatic rings. The van der Waals surface area contributed by atoms with Gasteiger partial charge in [-0.05, 0) is 12.1 Å². The molecule has 0 aromatic carbocycles. The summed E-state index contributed by atoms with van der Waals surface area (Å²) in [5.74, 6) is 0.592. The summed E-state index contributed by atoms with van der Waals surface area (Å²) in [4.78, 5) is 7.83. The zero-order chi connectivity index (χ0) is 14.8. The lowest BCUT2D eigenvalue weighted by Crippen LogP contribution is -2.27. The number of aryl methyl sites for hydroxylation is 1. The molecule has 0 radical (unpaired) electrons. The predicted molar refractivity (Wildman–Crippen MR) is 77.4 cm³/mol. The molecule has 0 unspecified atom stereocenters. The maximum absolute atomic E-state index is 12.3. The summed E-state index contributed by atoms with van der Waals surface area (Å²) in [6.07, 6.45) is 4.76. The van der Waals surface area contributed by atoms with E-state index >= 15 is 0 Å². The second-order valence-electron chi connectivity index (χ2n) is 3.99. The first-order valence-corrected chi connectivity index (χ1v) is 7.51. The highest BCUT2D eigenvalue weighted by molar-refractivity contribution is 7.89. The largest absolute Gasteiger partial charge is 0.388 e. The van der Waals surface area contributed by atoms with Crippen molar-refractivity contribution in [1.82, 2.24) is 19.3 Å². The van der Waals surface area contributed by atoms with Crippen molar-refractivity contribution in [3.63, 3.8) is 0 Å². The van der Waals surface area contributed by atoms with E-state index in [9.17, 15) is 8.42 Å². The molecule has 7 nitrogen and oxygen atoms in total. The van der Waals surface area contributed by atoms with Gasteiger partial charge in [0.05, 0.1) is 6.54 Å². The molecule has 106 valence electrons. The average Bonchev–Trinajstić information content (AvgIpc) is 2.82. The zero-order valence-electron chi connectivity index (χ0n) is 10.6. The number of nitrogens with two attached hydrogens (primary N) is 1. The highest BCUT2D eigenvalue weighted by atomic mass is 32.2. The van der Waals surface area contributed by atoms with Crippen LogP contribution in [0, 0.1) is 0 Å². The Hall–Kier alpha value is -1.84. The van der Waals surface area contributed by atoms with Crippen LogP contribution < -0.4 is 10.5 Å². The van der Waals surface area contributed by atoms with Crippen LogP contribution in [0.25, 0.3) is 0 Å². The van der Waals surface area contributed by atoms with E-state index in [2.05, 4.69) is 14.7 Å². The number of rotatable bonds is 5. The molecule has 0 fully saturated rings. The van der Waals surface area contributed by atoms with E-state index in [0.29, 0.717) is 5.82 Å². The van der Waals surface area contributed by atoms with Crippen molar-refractivity contribution >= 4 is 27.2 Å². The first kappa shape index (κ1) is 14.6. The second kappa shape index (κ2) is 5.65. The first-order valence-electron chi connectivity index (χ1n) is 5.62. The maximum atomic E-state index is 12.3. The van der Waals surface area contributed by atoms with E-state index in [1.54, 1.807) is 24.0 Å². The number of nitrogens with one attached hydrogen (secondary N) is 1. The van der Waals surface area contributed by atoms with E-state index in [4.69, 9.17) is 18.0 Å². The van der Waals surface area contributed by atoms with Gasteiger partial charge in [0, 0.05) is 25.6 Å². The van der Waals surface area contributed by atoms with Crippen LogP contribution in [0.5, 0.6) is 0 Å². The second-order valence-corrected chi connectivity index (χ2v) is 6.17. The van der Waals surface area contributed by atoms with Crippen molar-refractivity contribution in [2.75, 3.05) is 0 Å². The molecule has 0 spiro atoms. The van der Waals surface area contributed by atoms with E-state index in [-0.39, 0.29) is 22.1 Å². The summed E-state index contributed by atoms with van der Waals surface area (Å²) >= 11 is 4.81. The summed E-state index contributed by atoms with van der Waals surface area (Å²) in [7, 11) is -1.98. The summed E-state index contributed by atoms with van der Waals surface area (Å²) in [6, 6.07) is 2.92. The fourth-order valence-electron chi connectivity index (χ4n) is 1.60. The molecular formula is C11H13N5O2S2. The Kier molecular flexibility index (Phi) is 4.12. The Bertz CT molecular complexity index is 739. The van der Waals surface area contributed by atoms with Crippen molar-refractivity contribution in [3.8, 4) is 0 Å². The van der Waals surface area contributed by atoms with Gasteiger partial charge < -0.3 is 10.3 Å². The molecule has 2 heterocycles. The minimum absolute atomic E-state index is 0.0401. The van der Waals surface area contributed by atoms with Gasteiger partial charge in [-0.15, -0.1) is 0 Å². The van der Waals surface area contributed by atoms with E-state index < -0.39 is 10.0 Å². The normalized spacial score (nSPS) is 11.4. The van der Waals surface area contributed by atoms with Crippen LogP contribution in [-0.2, 0) is 23.6 Å². The lowest BCUT2D eigenvalue weighted by atomic mass is 10.3. The summed E-state index contributed by atoms with van der Waals surface area (Å²) in [5, 5.41) is 0. The zero-order valence-corrected chi connectivity index (χ0v) is 12.3. The van der Waals surface area contributed by atoms with Crippen molar-refractivity contribution < 1.29 is 8.42 Å². The van der Waals surface area contributed by atoms with Crippen molar-refractivity contribution in [1.29, 1.82) is 0 Å². The number of hydrogen-bond donors (Lipinski definition) is 2. The summed E-state index contributed by atoms with van der Waals surface area (Å²) in [6.45, 7) is 0.0670. The number of hydrogen-bond acceptors (Lipinski definition) is 5. The summed E-state index contributed by atoms with van der Waals surface area (Å²) in [5.41, 5.74) is 5.56. The molecule has 0 aliphatic heterocycles. The Balaban J connectivity index is 2.27. The van der Waals surface area contributed by atoms with Gasteiger partial charge >= 0.3 is 0 Å². The molecule has 0 amide bonds. The first-order chi connectivity index (χ1) is 9.42. The smallest absolute Gasteiger partial charge is 0.243 e. The van der Waals surface area contributed by atoms with E-state index in [1.807, 2.05) is 0 Å². The third-order valence-electron chi connectivity index (χ3n) is 2.63. The van der Waals surface area contributed by atoms with Crippen LogP contribution in [-0.4, -0.2) is 27.9 Å². The quantitative estimate of drug-likeness (QED) is 0.749. The average molecular weight is 311 g/mol. The van der Waals surface area contributed by atoms with Crippen LogP contribution in [0.2, 0.25) is 0 Å². The number of sulfonamides is 1. The lowest BCUT2D eigenvalue weighted by molar-refractivity contribution is 0.577. The number of pyridine rings is 1. The third kappa shape index (κ3) is 3.00. The maximum Gasteiger partial charge on any atom is 0.243 e. The Morgan fingerprint density at radius 3 is 2.80 bits per heavy atom. The molecule has 3 N–H and O–H groups in total. The molecule has 0 aliphatic carbocycles. The lowest BCUT2D eigenvalue weighted by Gasteiger charge is -2.09. The Labute approximate surface area is 121 Å². The van der Waals surface area contributed by atoms with Crippen LogP contribution in [0.3, 0.4) is 0 Å². The van der Waals surface area contributed by atoms with Gasteiger partial charge in [-0.2, -0.15) is 0 Å². The van der Waals surface area contributed by atoms with Crippen molar-refractivity contribution in [2.24, 2.45) is 12.8 Å². The highest BCUT2D eigenvalue weighted by Crippen LogP contribution is 2.13. The topological polar surface area (TPSA) is 103 Å². The minimum atomic E-state index is -3.76. The number of nitrogens with zero attached hydrogens (tertiary/aromatic N) is 3. The monoisotopic (exact) mass is 311 g/mol. The van der Waals surface area contributed by atoms with Crippen LogP contribution in [0.4, 0.5) is 0 Å². The van der Waals surface area contributed by atoms with Gasteiger partial charge in [-0.3, -0.25) is 4.98 Å². The molecule has 0 saturated heterocycles. The fraction of sp³-hybridized carbons (Fsp3) is 0.182. The Morgan fingerprint density at radius 2 is 2.20 bits per heavy atom. The van der Waals surface area contributed by atoms with Gasteiger partial charge in [0.2, 0.25) is 10.0 Å². The Morgan fingerprint density at radius 1 is 1.45 bits per heavy atom. The number of imidazole rings is 1. The van der Waals surface area contributed by atoms with Gasteiger partial charge in [0.25, 0.3) is 0 Å². The molecule has 2 aromatic rings. The predicted octanol–water partition coefficient (Wildman–Crippen LogP) is -0.0722.